The quantitative estimate of drug-likeness (QED) is 0.0406. The minimum atomic E-state index is -0.668. The van der Waals surface area contributed by atoms with Gasteiger partial charge in [0.05, 0.1) is 33.8 Å². The van der Waals surface area contributed by atoms with Crippen LogP contribution in [0.25, 0.3) is 0 Å². The number of esters is 3. The van der Waals surface area contributed by atoms with Gasteiger partial charge in [0, 0.05) is 0 Å². The molecule has 18 nitrogen and oxygen atoms in total. The van der Waals surface area contributed by atoms with Crippen LogP contribution in [0.2, 0.25) is 0 Å². The Morgan fingerprint density at radius 3 is 0.778 bits per heavy atom. The summed E-state index contributed by atoms with van der Waals surface area (Å²) in [5, 5.41) is 0. The Hall–Kier alpha value is -9.72. The summed E-state index contributed by atoms with van der Waals surface area (Å²) in [5.74, 6) is -0.721. The lowest BCUT2D eigenvalue weighted by Crippen LogP contribution is -2.08. The summed E-state index contributed by atoms with van der Waals surface area (Å²) < 4.78 is 33.8. The SMILES string of the molecule is O=C=Nc1ccc(OC(=O)c2ccc(Oc3nc(Oc4ccc(C(=O)Oc5ccc(N=C=O)cc5)cc4)nc(Oc4ccc(C(=O)Oc5ccc(N=C=O)cc5)cc4)n3)cc2)cc1. The van der Waals surface area contributed by atoms with Crippen molar-refractivity contribution in [1.29, 1.82) is 0 Å². The van der Waals surface area contributed by atoms with Gasteiger partial charge in [-0.2, -0.15) is 15.0 Å². The second-order valence-electron chi connectivity index (χ2n) is 12.3. The van der Waals surface area contributed by atoms with Crippen molar-refractivity contribution in [1.82, 2.24) is 15.0 Å². The molecule has 0 N–H and O–H groups in total. The predicted octanol–water partition coefficient (Wildman–Crippen LogP) is 8.81. The Balaban J connectivity index is 1.07. The van der Waals surface area contributed by atoms with E-state index in [4.69, 9.17) is 28.4 Å². The fourth-order valence-corrected chi connectivity index (χ4v) is 5.17. The number of nitrogens with zero attached hydrogens (tertiary/aromatic N) is 6. The standard InChI is InChI=1S/C45H24N6O12/c52-25-46-31-7-19-34(20-8-31)58-40(55)28-1-13-37(14-2-28)61-43-49-44(62-38-15-3-29(4-16-38)41(56)59-35-21-9-32(10-22-35)47-26-53)51-45(50-43)63-39-17-5-30(6-18-39)42(57)60-36-23-11-33(12-24-36)48-27-54/h1-24H. The molecule has 0 saturated heterocycles. The molecule has 63 heavy (non-hydrogen) atoms. The van der Waals surface area contributed by atoms with Gasteiger partial charge in [0.15, 0.2) is 0 Å². The molecule has 7 rings (SSSR count). The Morgan fingerprint density at radius 1 is 0.333 bits per heavy atom. The molecule has 0 fully saturated rings. The van der Waals surface area contributed by atoms with E-state index in [1.807, 2.05) is 0 Å². The first-order valence-corrected chi connectivity index (χ1v) is 18.0. The zero-order valence-corrected chi connectivity index (χ0v) is 31.9. The lowest BCUT2D eigenvalue weighted by atomic mass is 10.2. The van der Waals surface area contributed by atoms with Gasteiger partial charge in [0.2, 0.25) is 18.2 Å². The van der Waals surface area contributed by atoms with E-state index in [-0.39, 0.29) is 69.2 Å². The molecule has 0 aliphatic rings. The second-order valence-corrected chi connectivity index (χ2v) is 12.3. The molecule has 18 heteroatoms. The summed E-state index contributed by atoms with van der Waals surface area (Å²) in [4.78, 5) is 93.0. The van der Waals surface area contributed by atoms with Crippen molar-refractivity contribution >= 4 is 53.2 Å². The van der Waals surface area contributed by atoms with Crippen LogP contribution in [-0.4, -0.2) is 51.1 Å². The highest BCUT2D eigenvalue weighted by Gasteiger charge is 2.17. The van der Waals surface area contributed by atoms with E-state index in [1.165, 1.54) is 164 Å². The number of aliphatic imine (C=N–C) groups is 3. The molecule has 0 unspecified atom stereocenters. The summed E-state index contributed by atoms with van der Waals surface area (Å²) in [7, 11) is 0. The summed E-state index contributed by atoms with van der Waals surface area (Å²) in [6.45, 7) is 0. The van der Waals surface area contributed by atoms with Crippen LogP contribution in [0, 0.1) is 0 Å². The average Bonchev–Trinajstić information content (AvgIpc) is 3.29. The van der Waals surface area contributed by atoms with E-state index in [0.29, 0.717) is 17.1 Å². The molecule has 1 heterocycles. The number of carbonyl (C=O) groups excluding carboxylic acids is 6. The van der Waals surface area contributed by atoms with Crippen LogP contribution < -0.4 is 28.4 Å². The fraction of sp³-hybridized carbons (Fsp3) is 0. The van der Waals surface area contributed by atoms with Crippen LogP contribution in [-0.2, 0) is 14.4 Å². The van der Waals surface area contributed by atoms with Crippen LogP contribution in [0.3, 0.4) is 0 Å². The monoisotopic (exact) mass is 840 g/mol. The Labute approximate surface area is 354 Å². The summed E-state index contributed by atoms with van der Waals surface area (Å²) in [6, 6.07) is 34.5. The molecule has 0 radical (unpaired) electrons. The number of ether oxygens (including phenoxy) is 6. The van der Waals surface area contributed by atoms with Gasteiger partial charge in [-0.15, -0.1) is 15.0 Å². The molecule has 0 aliphatic heterocycles. The molecule has 0 amide bonds. The topological polar surface area (TPSA) is 234 Å². The van der Waals surface area contributed by atoms with Crippen molar-refractivity contribution in [2.24, 2.45) is 15.0 Å². The van der Waals surface area contributed by atoms with Gasteiger partial charge in [0.25, 0.3) is 0 Å². The molecular formula is C45H24N6O12. The third-order valence-corrected chi connectivity index (χ3v) is 8.14. The summed E-state index contributed by atoms with van der Waals surface area (Å²) in [5.41, 5.74) is 1.60. The molecule has 306 valence electrons. The molecule has 0 spiro atoms. The second kappa shape index (κ2) is 19.8. The molecule has 0 saturated carbocycles. The number of aromatic nitrogens is 3. The van der Waals surface area contributed by atoms with Crippen molar-refractivity contribution in [3.63, 3.8) is 0 Å². The maximum atomic E-state index is 12.8. The van der Waals surface area contributed by atoms with Crippen molar-refractivity contribution in [2.45, 2.75) is 0 Å². The predicted molar refractivity (Wildman–Crippen MR) is 217 cm³/mol. The molecule has 0 aliphatic carbocycles. The maximum absolute atomic E-state index is 12.8. The molecule has 0 bridgehead atoms. The minimum absolute atomic E-state index is 0.185. The number of isocyanates is 3. The van der Waals surface area contributed by atoms with Crippen molar-refractivity contribution in [2.75, 3.05) is 0 Å². The number of carbonyl (C=O) groups is 3. The third kappa shape index (κ3) is 11.5. The van der Waals surface area contributed by atoms with E-state index in [9.17, 15) is 28.8 Å². The maximum Gasteiger partial charge on any atom is 0.343 e. The Morgan fingerprint density at radius 2 is 0.556 bits per heavy atom. The highest BCUT2D eigenvalue weighted by atomic mass is 16.5. The fourth-order valence-electron chi connectivity index (χ4n) is 5.17. The highest BCUT2D eigenvalue weighted by molar-refractivity contribution is 5.92. The normalized spacial score (nSPS) is 10.1. The van der Waals surface area contributed by atoms with Crippen LogP contribution in [0.4, 0.5) is 17.1 Å². The lowest BCUT2D eigenvalue weighted by Gasteiger charge is -2.11. The van der Waals surface area contributed by atoms with Crippen molar-refractivity contribution in [3.8, 4) is 52.5 Å². The smallest absolute Gasteiger partial charge is 0.343 e. The van der Waals surface area contributed by atoms with Gasteiger partial charge in [-0.05, 0) is 146 Å². The number of benzene rings is 6. The van der Waals surface area contributed by atoms with Crippen molar-refractivity contribution in [3.05, 3.63) is 162 Å². The number of hydrogen-bond acceptors (Lipinski definition) is 18. The zero-order valence-electron chi connectivity index (χ0n) is 31.9. The number of rotatable bonds is 15. The van der Waals surface area contributed by atoms with E-state index >= 15 is 0 Å². The first kappa shape index (κ1) is 41.4. The lowest BCUT2D eigenvalue weighted by molar-refractivity contribution is 0.0725. The van der Waals surface area contributed by atoms with Crippen LogP contribution in [0.15, 0.2) is 161 Å². The number of hydrogen-bond donors (Lipinski definition) is 0. The van der Waals surface area contributed by atoms with E-state index in [2.05, 4.69) is 29.9 Å². The van der Waals surface area contributed by atoms with Gasteiger partial charge in [-0.3, -0.25) is 0 Å². The van der Waals surface area contributed by atoms with Crippen LogP contribution in [0.1, 0.15) is 31.1 Å². The summed E-state index contributed by atoms with van der Waals surface area (Å²) >= 11 is 0. The van der Waals surface area contributed by atoms with Gasteiger partial charge in [-0.25, -0.2) is 28.8 Å². The van der Waals surface area contributed by atoms with Crippen molar-refractivity contribution < 1.29 is 57.2 Å². The van der Waals surface area contributed by atoms with E-state index in [0.717, 1.165) is 0 Å². The van der Waals surface area contributed by atoms with Crippen LogP contribution >= 0.6 is 0 Å². The Kier molecular flexibility index (Phi) is 13.0. The van der Waals surface area contributed by atoms with Gasteiger partial charge < -0.3 is 28.4 Å². The van der Waals surface area contributed by atoms with Crippen LogP contribution in [0.5, 0.6) is 52.5 Å². The summed E-state index contributed by atoms with van der Waals surface area (Å²) in [6.07, 6.45) is 4.30. The zero-order chi connectivity index (χ0) is 44.0. The largest absolute Gasteiger partial charge is 0.424 e. The molecule has 7 aromatic rings. The average molecular weight is 841 g/mol. The molecule has 1 aromatic heterocycles. The highest BCUT2D eigenvalue weighted by Crippen LogP contribution is 2.29. The Bertz CT molecular complexity index is 2590. The van der Waals surface area contributed by atoms with Gasteiger partial charge >= 0.3 is 35.9 Å². The molecular weight excluding hydrogens is 817 g/mol. The van der Waals surface area contributed by atoms with E-state index in [1.54, 1.807) is 0 Å². The minimum Gasteiger partial charge on any atom is -0.424 e. The molecule has 0 atom stereocenters. The first-order valence-electron chi connectivity index (χ1n) is 18.0. The molecule has 6 aromatic carbocycles. The first-order chi connectivity index (χ1) is 30.7. The van der Waals surface area contributed by atoms with E-state index < -0.39 is 17.9 Å². The van der Waals surface area contributed by atoms with Gasteiger partial charge in [0.1, 0.15) is 34.5 Å². The third-order valence-electron chi connectivity index (χ3n) is 8.14. The van der Waals surface area contributed by atoms with Gasteiger partial charge in [-0.1, -0.05) is 0 Å².